The van der Waals surface area contributed by atoms with Crippen molar-refractivity contribution in [3.05, 3.63) is 29.8 Å². The minimum Gasteiger partial charge on any atom is -0.339 e. The fraction of sp³-hybridized carbons (Fsp3) is 0.579. The van der Waals surface area contributed by atoms with Crippen LogP contribution in [0.15, 0.2) is 24.3 Å². The van der Waals surface area contributed by atoms with Crippen LogP contribution in [0.2, 0.25) is 0 Å². The van der Waals surface area contributed by atoms with Crippen LogP contribution in [-0.4, -0.2) is 49.9 Å². The summed E-state index contributed by atoms with van der Waals surface area (Å²) in [6.45, 7) is 3.53. The average molecular weight is 366 g/mol. The Kier molecular flexibility index (Phi) is 7.26. The SMILES string of the molecule is CNCCC1CCN(C(=O)c2ccc(N3CCCC3=O)cc2)CC1.Cl. The molecule has 25 heavy (non-hydrogen) atoms. The molecule has 0 spiro atoms. The highest BCUT2D eigenvalue weighted by molar-refractivity contribution is 5.97. The van der Waals surface area contributed by atoms with Gasteiger partial charge in [0.05, 0.1) is 0 Å². The monoisotopic (exact) mass is 365 g/mol. The molecule has 5 nitrogen and oxygen atoms in total. The Balaban J connectivity index is 0.00000225. The molecule has 2 amide bonds. The van der Waals surface area contributed by atoms with Gasteiger partial charge >= 0.3 is 0 Å². The van der Waals surface area contributed by atoms with E-state index >= 15 is 0 Å². The van der Waals surface area contributed by atoms with Crippen molar-refractivity contribution in [3.8, 4) is 0 Å². The van der Waals surface area contributed by atoms with Crippen LogP contribution in [0.5, 0.6) is 0 Å². The first-order valence-electron chi connectivity index (χ1n) is 9.03. The molecule has 1 aromatic rings. The lowest BCUT2D eigenvalue weighted by atomic mass is 9.93. The summed E-state index contributed by atoms with van der Waals surface area (Å²) < 4.78 is 0. The summed E-state index contributed by atoms with van der Waals surface area (Å²) in [5.74, 6) is 1.02. The highest BCUT2D eigenvalue weighted by Crippen LogP contribution is 2.24. The van der Waals surface area contributed by atoms with E-state index in [-0.39, 0.29) is 24.2 Å². The molecule has 2 aliphatic rings. The van der Waals surface area contributed by atoms with Gasteiger partial charge in [-0.15, -0.1) is 12.4 Å². The summed E-state index contributed by atoms with van der Waals surface area (Å²) in [6, 6.07) is 7.51. The van der Waals surface area contributed by atoms with Crippen molar-refractivity contribution in [1.29, 1.82) is 0 Å². The van der Waals surface area contributed by atoms with Crippen LogP contribution in [0, 0.1) is 5.92 Å². The number of nitrogens with one attached hydrogen (secondary N) is 1. The van der Waals surface area contributed by atoms with Gasteiger partial charge in [-0.25, -0.2) is 0 Å². The molecule has 1 aromatic carbocycles. The number of carbonyl (C=O) groups is 2. The van der Waals surface area contributed by atoms with E-state index in [0.29, 0.717) is 6.42 Å². The summed E-state index contributed by atoms with van der Waals surface area (Å²) in [4.78, 5) is 28.2. The van der Waals surface area contributed by atoms with E-state index in [4.69, 9.17) is 0 Å². The van der Waals surface area contributed by atoms with Gasteiger partial charge in [0, 0.05) is 37.3 Å². The Bertz CT molecular complexity index is 583. The van der Waals surface area contributed by atoms with E-state index in [1.807, 2.05) is 41.1 Å². The number of nitrogens with zero attached hydrogens (tertiary/aromatic N) is 2. The lowest BCUT2D eigenvalue weighted by Crippen LogP contribution is -2.39. The van der Waals surface area contributed by atoms with Crippen LogP contribution in [0.1, 0.15) is 42.5 Å². The summed E-state index contributed by atoms with van der Waals surface area (Å²) in [6.07, 6.45) is 4.92. The average Bonchev–Trinajstić information content (AvgIpc) is 3.06. The number of benzene rings is 1. The third-order valence-corrected chi connectivity index (χ3v) is 5.20. The maximum absolute atomic E-state index is 12.7. The van der Waals surface area contributed by atoms with Crippen molar-refractivity contribution >= 4 is 29.9 Å². The fourth-order valence-corrected chi connectivity index (χ4v) is 3.66. The Morgan fingerprint density at radius 1 is 1.16 bits per heavy atom. The number of hydrogen-bond donors (Lipinski definition) is 1. The summed E-state index contributed by atoms with van der Waals surface area (Å²) >= 11 is 0. The zero-order chi connectivity index (χ0) is 16.9. The molecule has 2 fully saturated rings. The van der Waals surface area contributed by atoms with Crippen molar-refractivity contribution < 1.29 is 9.59 Å². The fourth-order valence-electron chi connectivity index (χ4n) is 3.66. The molecule has 0 saturated carbocycles. The number of amides is 2. The molecule has 2 heterocycles. The lowest BCUT2D eigenvalue weighted by Gasteiger charge is -2.32. The van der Waals surface area contributed by atoms with Gasteiger partial charge in [-0.2, -0.15) is 0 Å². The number of carbonyl (C=O) groups excluding carboxylic acids is 2. The molecule has 6 heteroatoms. The topological polar surface area (TPSA) is 52.7 Å². The zero-order valence-corrected chi connectivity index (χ0v) is 15.7. The molecule has 0 atom stereocenters. The molecule has 0 bridgehead atoms. The van der Waals surface area contributed by atoms with Crippen LogP contribution in [0.25, 0.3) is 0 Å². The van der Waals surface area contributed by atoms with E-state index in [9.17, 15) is 9.59 Å². The summed E-state index contributed by atoms with van der Waals surface area (Å²) in [5, 5.41) is 3.20. The first-order chi connectivity index (χ1) is 11.7. The maximum atomic E-state index is 12.7. The molecule has 0 aromatic heterocycles. The molecular formula is C19H28ClN3O2. The van der Waals surface area contributed by atoms with Gasteiger partial charge in [0.2, 0.25) is 5.91 Å². The first kappa shape index (κ1) is 19.7. The molecule has 1 N–H and O–H groups in total. The number of rotatable bonds is 5. The van der Waals surface area contributed by atoms with Crippen molar-refractivity contribution in [2.75, 3.05) is 38.1 Å². The van der Waals surface area contributed by atoms with Crippen molar-refractivity contribution in [3.63, 3.8) is 0 Å². The van der Waals surface area contributed by atoms with Crippen LogP contribution in [0.4, 0.5) is 5.69 Å². The van der Waals surface area contributed by atoms with E-state index in [1.165, 1.54) is 6.42 Å². The van der Waals surface area contributed by atoms with Gasteiger partial charge < -0.3 is 15.1 Å². The second kappa shape index (κ2) is 9.20. The smallest absolute Gasteiger partial charge is 0.253 e. The zero-order valence-electron chi connectivity index (χ0n) is 14.9. The predicted octanol–water partition coefficient (Wildman–Crippen LogP) is 2.70. The highest BCUT2D eigenvalue weighted by Gasteiger charge is 2.24. The standard InChI is InChI=1S/C19H27N3O2.ClH/c1-20-11-8-15-9-13-21(14-10-15)19(24)16-4-6-17(7-5-16)22-12-2-3-18(22)23;/h4-7,15,20H,2-3,8-14H2,1H3;1H. The Labute approximate surface area is 156 Å². The molecular weight excluding hydrogens is 338 g/mol. The number of halogens is 1. The van der Waals surface area contributed by atoms with Crippen molar-refractivity contribution in [2.24, 2.45) is 5.92 Å². The van der Waals surface area contributed by atoms with E-state index < -0.39 is 0 Å². The van der Waals surface area contributed by atoms with E-state index in [2.05, 4.69) is 5.32 Å². The van der Waals surface area contributed by atoms with Crippen molar-refractivity contribution in [2.45, 2.75) is 32.1 Å². The van der Waals surface area contributed by atoms with Crippen LogP contribution < -0.4 is 10.2 Å². The summed E-state index contributed by atoms with van der Waals surface area (Å²) in [7, 11) is 1.98. The third-order valence-electron chi connectivity index (χ3n) is 5.20. The molecule has 2 saturated heterocycles. The number of piperidine rings is 1. The van der Waals surface area contributed by atoms with Crippen LogP contribution >= 0.6 is 12.4 Å². The predicted molar refractivity (Wildman–Crippen MR) is 102 cm³/mol. The number of anilines is 1. The summed E-state index contributed by atoms with van der Waals surface area (Å²) in [5.41, 5.74) is 1.62. The van der Waals surface area contributed by atoms with Gasteiger partial charge in [-0.05, 0) is 69.5 Å². The van der Waals surface area contributed by atoms with Gasteiger partial charge in [0.25, 0.3) is 5.91 Å². The number of likely N-dealkylation sites (tertiary alicyclic amines) is 1. The normalized spacial score (nSPS) is 18.4. The Morgan fingerprint density at radius 3 is 2.40 bits per heavy atom. The second-order valence-electron chi connectivity index (χ2n) is 6.82. The van der Waals surface area contributed by atoms with Gasteiger partial charge in [0.15, 0.2) is 0 Å². The molecule has 3 rings (SSSR count). The van der Waals surface area contributed by atoms with E-state index in [1.54, 1.807) is 0 Å². The highest BCUT2D eigenvalue weighted by atomic mass is 35.5. The second-order valence-corrected chi connectivity index (χ2v) is 6.82. The minimum absolute atomic E-state index is 0. The first-order valence-corrected chi connectivity index (χ1v) is 9.03. The van der Waals surface area contributed by atoms with Gasteiger partial charge in [-0.3, -0.25) is 9.59 Å². The quantitative estimate of drug-likeness (QED) is 0.872. The molecule has 0 unspecified atom stereocenters. The Hall–Kier alpha value is -1.59. The molecule has 138 valence electrons. The lowest BCUT2D eigenvalue weighted by molar-refractivity contribution is -0.117. The molecule has 0 aliphatic carbocycles. The largest absolute Gasteiger partial charge is 0.339 e. The maximum Gasteiger partial charge on any atom is 0.253 e. The van der Waals surface area contributed by atoms with Crippen LogP contribution in [0.3, 0.4) is 0 Å². The molecule has 2 aliphatic heterocycles. The minimum atomic E-state index is 0. The van der Waals surface area contributed by atoms with Crippen LogP contribution in [-0.2, 0) is 4.79 Å². The molecule has 0 radical (unpaired) electrons. The number of hydrogen-bond acceptors (Lipinski definition) is 3. The van der Waals surface area contributed by atoms with Crippen molar-refractivity contribution in [1.82, 2.24) is 10.2 Å². The van der Waals surface area contributed by atoms with E-state index in [0.717, 1.165) is 62.6 Å². The Morgan fingerprint density at radius 2 is 1.84 bits per heavy atom. The van der Waals surface area contributed by atoms with Gasteiger partial charge in [-0.1, -0.05) is 0 Å². The third kappa shape index (κ3) is 4.73. The van der Waals surface area contributed by atoms with Gasteiger partial charge in [0.1, 0.15) is 0 Å².